The fraction of sp³-hybridized carbons (Fsp3) is 0.333. The van der Waals surface area contributed by atoms with Crippen LogP contribution in [0.15, 0.2) is 30.3 Å². The molecule has 1 atom stereocenters. The molecule has 0 radical (unpaired) electrons. The van der Waals surface area contributed by atoms with E-state index in [0.717, 1.165) is 33.4 Å². The van der Waals surface area contributed by atoms with E-state index in [2.05, 4.69) is 6.07 Å². The molecule has 1 unspecified atom stereocenters. The minimum Gasteiger partial charge on any atom is -0.497 e. The standard InChI is InChI=1S/C15H15ClO2S/c1-18-12-3-2-10-6-7-15(17,9-11(10)8-12)13-4-5-14(16)19-13/h2-5,8,17H,6-7,9H2,1H3. The normalized spacial score (nSPS) is 22.1. The monoisotopic (exact) mass is 294 g/mol. The molecule has 0 saturated heterocycles. The highest BCUT2D eigenvalue weighted by atomic mass is 35.5. The van der Waals surface area contributed by atoms with Gasteiger partial charge in [-0.25, -0.2) is 0 Å². The van der Waals surface area contributed by atoms with E-state index in [0.29, 0.717) is 6.42 Å². The first-order valence-corrected chi connectivity index (χ1v) is 7.44. The molecule has 1 aromatic heterocycles. The van der Waals surface area contributed by atoms with Crippen molar-refractivity contribution < 1.29 is 9.84 Å². The van der Waals surface area contributed by atoms with Gasteiger partial charge in [-0.3, -0.25) is 0 Å². The molecule has 0 fully saturated rings. The van der Waals surface area contributed by atoms with Gasteiger partial charge in [-0.2, -0.15) is 0 Å². The van der Waals surface area contributed by atoms with Crippen LogP contribution in [0.5, 0.6) is 5.75 Å². The number of ether oxygens (including phenoxy) is 1. The van der Waals surface area contributed by atoms with E-state index < -0.39 is 5.60 Å². The van der Waals surface area contributed by atoms with Crippen molar-refractivity contribution in [3.63, 3.8) is 0 Å². The predicted molar refractivity (Wildman–Crippen MR) is 78.2 cm³/mol. The average molecular weight is 295 g/mol. The summed E-state index contributed by atoms with van der Waals surface area (Å²) in [5, 5.41) is 10.9. The first-order chi connectivity index (χ1) is 9.10. The number of thiophene rings is 1. The van der Waals surface area contributed by atoms with Gasteiger partial charge >= 0.3 is 0 Å². The third-order valence-corrected chi connectivity index (χ3v) is 5.16. The van der Waals surface area contributed by atoms with E-state index >= 15 is 0 Å². The smallest absolute Gasteiger partial charge is 0.119 e. The molecular formula is C15H15ClO2S. The van der Waals surface area contributed by atoms with Gasteiger partial charge < -0.3 is 9.84 Å². The van der Waals surface area contributed by atoms with Crippen molar-refractivity contribution in [1.82, 2.24) is 0 Å². The van der Waals surface area contributed by atoms with Crippen molar-refractivity contribution in [2.45, 2.75) is 24.9 Å². The van der Waals surface area contributed by atoms with Crippen molar-refractivity contribution in [3.8, 4) is 5.75 Å². The van der Waals surface area contributed by atoms with Crippen molar-refractivity contribution in [2.75, 3.05) is 7.11 Å². The largest absolute Gasteiger partial charge is 0.497 e. The van der Waals surface area contributed by atoms with Gasteiger partial charge in [-0.1, -0.05) is 17.7 Å². The number of aryl methyl sites for hydroxylation is 1. The summed E-state index contributed by atoms with van der Waals surface area (Å²) in [5.74, 6) is 0.840. The van der Waals surface area contributed by atoms with E-state index in [1.54, 1.807) is 7.11 Å². The van der Waals surface area contributed by atoms with Crippen LogP contribution in [-0.2, 0) is 18.4 Å². The van der Waals surface area contributed by atoms with Gasteiger partial charge in [-0.15, -0.1) is 11.3 Å². The fourth-order valence-electron chi connectivity index (χ4n) is 2.66. The lowest BCUT2D eigenvalue weighted by molar-refractivity contribution is 0.0259. The second-order valence-electron chi connectivity index (χ2n) is 4.95. The summed E-state index contributed by atoms with van der Waals surface area (Å²) in [6.07, 6.45) is 2.24. The number of hydrogen-bond donors (Lipinski definition) is 1. The molecule has 100 valence electrons. The van der Waals surface area contributed by atoms with Gasteiger partial charge in [0.2, 0.25) is 0 Å². The second kappa shape index (κ2) is 4.82. The molecule has 3 rings (SSSR count). The fourth-order valence-corrected chi connectivity index (χ4v) is 3.82. The molecule has 1 aromatic carbocycles. The molecule has 0 bridgehead atoms. The Bertz CT molecular complexity index is 608. The van der Waals surface area contributed by atoms with Gasteiger partial charge in [0, 0.05) is 11.3 Å². The zero-order valence-electron chi connectivity index (χ0n) is 10.6. The number of rotatable bonds is 2. The summed E-state index contributed by atoms with van der Waals surface area (Å²) < 4.78 is 5.98. The highest BCUT2D eigenvalue weighted by Gasteiger charge is 2.35. The summed E-state index contributed by atoms with van der Waals surface area (Å²) in [5.41, 5.74) is 1.67. The maximum atomic E-state index is 10.9. The molecule has 0 saturated carbocycles. The lowest BCUT2D eigenvalue weighted by Crippen LogP contribution is -2.32. The Morgan fingerprint density at radius 1 is 1.26 bits per heavy atom. The van der Waals surface area contributed by atoms with Crippen molar-refractivity contribution in [3.05, 3.63) is 50.7 Å². The SMILES string of the molecule is COc1ccc2c(c1)CC(O)(c1ccc(Cl)s1)CC2. The van der Waals surface area contributed by atoms with Crippen LogP contribution in [0.25, 0.3) is 0 Å². The molecule has 0 amide bonds. The molecule has 0 aliphatic heterocycles. The maximum Gasteiger partial charge on any atom is 0.119 e. The maximum absolute atomic E-state index is 10.9. The van der Waals surface area contributed by atoms with Crippen LogP contribution in [0.1, 0.15) is 22.4 Å². The molecule has 0 spiro atoms. The van der Waals surface area contributed by atoms with Crippen LogP contribution in [0, 0.1) is 0 Å². The van der Waals surface area contributed by atoms with Crippen LogP contribution < -0.4 is 4.74 Å². The Morgan fingerprint density at radius 2 is 2.11 bits per heavy atom. The Hall–Kier alpha value is -1.03. The molecule has 1 aliphatic carbocycles. The van der Waals surface area contributed by atoms with E-state index in [9.17, 15) is 5.11 Å². The van der Waals surface area contributed by atoms with Crippen LogP contribution in [-0.4, -0.2) is 12.2 Å². The van der Waals surface area contributed by atoms with Gasteiger partial charge in [-0.05, 0) is 48.2 Å². The molecule has 1 heterocycles. The Kier molecular flexibility index (Phi) is 3.29. The Morgan fingerprint density at radius 3 is 2.79 bits per heavy atom. The van der Waals surface area contributed by atoms with E-state index in [1.807, 2.05) is 24.3 Å². The average Bonchev–Trinajstić information content (AvgIpc) is 2.85. The number of methoxy groups -OCH3 is 1. The van der Waals surface area contributed by atoms with Crippen LogP contribution in [0.3, 0.4) is 0 Å². The van der Waals surface area contributed by atoms with Crippen molar-refractivity contribution in [2.24, 2.45) is 0 Å². The minimum absolute atomic E-state index is 0.621. The van der Waals surface area contributed by atoms with Gasteiger partial charge in [0.25, 0.3) is 0 Å². The van der Waals surface area contributed by atoms with Crippen molar-refractivity contribution >= 4 is 22.9 Å². The topological polar surface area (TPSA) is 29.5 Å². The summed E-state index contributed by atoms with van der Waals surface area (Å²) in [6.45, 7) is 0. The molecule has 2 aromatic rings. The quantitative estimate of drug-likeness (QED) is 0.913. The molecular weight excluding hydrogens is 280 g/mol. The summed E-state index contributed by atoms with van der Waals surface area (Å²) in [7, 11) is 1.66. The van der Waals surface area contributed by atoms with Crippen LogP contribution >= 0.6 is 22.9 Å². The zero-order valence-corrected chi connectivity index (χ0v) is 12.2. The third kappa shape index (κ3) is 2.38. The first-order valence-electron chi connectivity index (χ1n) is 6.25. The molecule has 2 nitrogen and oxygen atoms in total. The summed E-state index contributed by atoms with van der Waals surface area (Å²) in [4.78, 5) is 0.950. The van der Waals surface area contributed by atoms with Crippen molar-refractivity contribution in [1.29, 1.82) is 0 Å². The molecule has 1 aliphatic rings. The van der Waals surface area contributed by atoms with Crippen LogP contribution in [0.2, 0.25) is 4.34 Å². The first kappa shape index (κ1) is 13.0. The summed E-state index contributed by atoms with van der Waals surface area (Å²) in [6, 6.07) is 9.87. The highest BCUT2D eigenvalue weighted by Crippen LogP contribution is 2.41. The lowest BCUT2D eigenvalue weighted by Gasteiger charge is -2.33. The number of fused-ring (bicyclic) bond motifs is 1. The number of aliphatic hydroxyl groups is 1. The predicted octanol–water partition coefficient (Wildman–Crippen LogP) is 3.79. The van der Waals surface area contributed by atoms with E-state index in [-0.39, 0.29) is 0 Å². The lowest BCUT2D eigenvalue weighted by atomic mass is 9.79. The van der Waals surface area contributed by atoms with Gasteiger partial charge in [0.15, 0.2) is 0 Å². The minimum atomic E-state index is -0.794. The van der Waals surface area contributed by atoms with Crippen LogP contribution in [0.4, 0.5) is 0 Å². The highest BCUT2D eigenvalue weighted by molar-refractivity contribution is 7.16. The molecule has 19 heavy (non-hydrogen) atoms. The second-order valence-corrected chi connectivity index (χ2v) is 6.66. The van der Waals surface area contributed by atoms with Gasteiger partial charge in [0.05, 0.1) is 11.4 Å². The zero-order chi connectivity index (χ0) is 13.5. The molecule has 4 heteroatoms. The number of hydrogen-bond acceptors (Lipinski definition) is 3. The Balaban J connectivity index is 1.96. The Labute approximate surface area is 121 Å². The van der Waals surface area contributed by atoms with Gasteiger partial charge in [0.1, 0.15) is 11.4 Å². The van der Waals surface area contributed by atoms with E-state index in [1.165, 1.54) is 16.9 Å². The number of halogens is 1. The number of benzene rings is 1. The summed E-state index contributed by atoms with van der Waals surface area (Å²) >= 11 is 7.44. The van der Waals surface area contributed by atoms with E-state index in [4.69, 9.17) is 16.3 Å². The third-order valence-electron chi connectivity index (χ3n) is 3.74. The molecule has 1 N–H and O–H groups in total.